The number of hydrogen-bond donors (Lipinski definition) is 3. The average Bonchev–Trinajstić information content (AvgIpc) is 3.12. The number of nitrogens with one attached hydrogen (secondary N) is 2. The Morgan fingerprint density at radius 1 is 1.42 bits per heavy atom. The molecular formula is C17H30N4O3S2. The van der Waals surface area contributed by atoms with Crippen molar-refractivity contribution in [1.82, 2.24) is 14.9 Å². The van der Waals surface area contributed by atoms with E-state index in [2.05, 4.69) is 15.6 Å². The summed E-state index contributed by atoms with van der Waals surface area (Å²) in [7, 11) is -3.09. The Bertz CT molecular complexity index is 679. The van der Waals surface area contributed by atoms with E-state index in [0.29, 0.717) is 25.0 Å². The van der Waals surface area contributed by atoms with Crippen LogP contribution in [0.5, 0.6) is 0 Å². The molecule has 26 heavy (non-hydrogen) atoms. The van der Waals surface area contributed by atoms with E-state index >= 15 is 0 Å². The van der Waals surface area contributed by atoms with Gasteiger partial charge in [0.1, 0.15) is 5.60 Å². The van der Waals surface area contributed by atoms with Gasteiger partial charge < -0.3 is 15.7 Å². The predicted molar refractivity (Wildman–Crippen MR) is 107 cm³/mol. The third kappa shape index (κ3) is 6.22. The van der Waals surface area contributed by atoms with E-state index in [0.717, 1.165) is 31.5 Å². The second-order valence-electron chi connectivity index (χ2n) is 6.97. The van der Waals surface area contributed by atoms with Crippen molar-refractivity contribution in [2.45, 2.75) is 32.3 Å². The van der Waals surface area contributed by atoms with Gasteiger partial charge in [0.05, 0.1) is 12.8 Å². The highest BCUT2D eigenvalue weighted by Gasteiger charge is 2.25. The van der Waals surface area contributed by atoms with Gasteiger partial charge in [0.25, 0.3) is 0 Å². The molecule has 7 nitrogen and oxygen atoms in total. The van der Waals surface area contributed by atoms with Crippen LogP contribution in [0.1, 0.15) is 32.3 Å². The first-order valence-corrected chi connectivity index (χ1v) is 11.7. The topological polar surface area (TPSA) is 94.0 Å². The van der Waals surface area contributed by atoms with Crippen LogP contribution in [0.2, 0.25) is 0 Å². The summed E-state index contributed by atoms with van der Waals surface area (Å²) in [6, 6.07) is 1.91. The van der Waals surface area contributed by atoms with Crippen molar-refractivity contribution in [2.24, 2.45) is 10.9 Å². The number of rotatable bonds is 7. The van der Waals surface area contributed by atoms with E-state index in [9.17, 15) is 13.5 Å². The smallest absolute Gasteiger partial charge is 0.211 e. The molecule has 0 aromatic carbocycles. The lowest BCUT2D eigenvalue weighted by molar-refractivity contribution is 0.0677. The molecule has 0 amide bonds. The van der Waals surface area contributed by atoms with Crippen molar-refractivity contribution in [1.29, 1.82) is 0 Å². The number of sulfonamides is 1. The standard InChI is InChI=1S/C17H30N4O3S2/c1-4-18-16(20-13-17(2,22)15-7-10-25-12-15)19-11-14-5-8-21(9-6-14)26(3,23)24/h7,10,12,14,22H,4-6,8-9,11,13H2,1-3H3,(H2,18,19,20). The highest BCUT2D eigenvalue weighted by atomic mass is 32.2. The zero-order chi connectivity index (χ0) is 19.2. The fraction of sp³-hybridized carbons (Fsp3) is 0.706. The minimum absolute atomic E-state index is 0.269. The van der Waals surface area contributed by atoms with Crippen LogP contribution in [-0.4, -0.2) is 62.8 Å². The summed E-state index contributed by atoms with van der Waals surface area (Å²) in [5.74, 6) is 1.09. The first kappa shape index (κ1) is 21.1. The molecule has 1 unspecified atom stereocenters. The molecule has 1 aliphatic heterocycles. The number of nitrogens with zero attached hydrogens (tertiary/aromatic N) is 2. The lowest BCUT2D eigenvalue weighted by Crippen LogP contribution is -2.44. The Balaban J connectivity index is 1.86. The molecule has 3 N–H and O–H groups in total. The first-order valence-electron chi connectivity index (χ1n) is 8.94. The van der Waals surface area contributed by atoms with Gasteiger partial charge in [0, 0.05) is 26.2 Å². The third-order valence-electron chi connectivity index (χ3n) is 4.63. The molecule has 9 heteroatoms. The van der Waals surface area contributed by atoms with E-state index in [1.165, 1.54) is 6.26 Å². The molecule has 0 spiro atoms. The molecule has 1 saturated heterocycles. The van der Waals surface area contributed by atoms with Gasteiger partial charge in [-0.2, -0.15) is 11.3 Å². The van der Waals surface area contributed by atoms with E-state index in [1.54, 1.807) is 22.6 Å². The normalized spacial score (nSPS) is 19.9. The van der Waals surface area contributed by atoms with Crippen molar-refractivity contribution in [2.75, 3.05) is 39.0 Å². The molecule has 1 aliphatic rings. The fourth-order valence-corrected chi connectivity index (χ4v) is 4.58. The maximum atomic E-state index is 11.6. The van der Waals surface area contributed by atoms with Crippen LogP contribution in [0.3, 0.4) is 0 Å². The highest BCUT2D eigenvalue weighted by Crippen LogP contribution is 2.23. The Hall–Kier alpha value is -1.16. The summed E-state index contributed by atoms with van der Waals surface area (Å²) in [4.78, 5) is 4.52. The minimum atomic E-state index is -3.09. The number of aliphatic hydroxyl groups is 1. The van der Waals surface area contributed by atoms with Gasteiger partial charge in [-0.1, -0.05) is 0 Å². The van der Waals surface area contributed by atoms with Crippen LogP contribution in [-0.2, 0) is 15.6 Å². The van der Waals surface area contributed by atoms with E-state index in [4.69, 9.17) is 0 Å². The highest BCUT2D eigenvalue weighted by molar-refractivity contribution is 7.88. The number of aliphatic imine (C=N–C) groups is 1. The molecule has 0 bridgehead atoms. The molecule has 1 aromatic rings. The number of hydrogen-bond acceptors (Lipinski definition) is 5. The van der Waals surface area contributed by atoms with Crippen LogP contribution in [0.15, 0.2) is 21.8 Å². The Kier molecular flexibility index (Phi) is 7.45. The van der Waals surface area contributed by atoms with Gasteiger partial charge in [0.15, 0.2) is 5.96 Å². The molecule has 0 saturated carbocycles. The molecule has 1 atom stereocenters. The maximum absolute atomic E-state index is 11.6. The van der Waals surface area contributed by atoms with Crippen molar-refractivity contribution in [3.63, 3.8) is 0 Å². The van der Waals surface area contributed by atoms with Gasteiger partial charge in [0.2, 0.25) is 10.0 Å². The molecule has 0 radical (unpaired) electrons. The molecule has 1 fully saturated rings. The fourth-order valence-electron chi connectivity index (χ4n) is 2.92. The average molecular weight is 403 g/mol. The third-order valence-corrected chi connectivity index (χ3v) is 6.62. The quantitative estimate of drug-likeness (QED) is 0.470. The van der Waals surface area contributed by atoms with Gasteiger partial charge in [-0.05, 0) is 55.0 Å². The van der Waals surface area contributed by atoms with Gasteiger partial charge in [-0.15, -0.1) is 0 Å². The molecule has 0 aliphatic carbocycles. The van der Waals surface area contributed by atoms with Crippen LogP contribution in [0.25, 0.3) is 0 Å². The summed E-state index contributed by atoms with van der Waals surface area (Å²) in [6.45, 7) is 6.66. The lowest BCUT2D eigenvalue weighted by Gasteiger charge is -2.30. The minimum Gasteiger partial charge on any atom is -0.383 e. The summed E-state index contributed by atoms with van der Waals surface area (Å²) >= 11 is 1.56. The van der Waals surface area contributed by atoms with Crippen molar-refractivity contribution < 1.29 is 13.5 Å². The molecular weight excluding hydrogens is 372 g/mol. The number of piperidine rings is 1. The second kappa shape index (κ2) is 9.16. The first-order chi connectivity index (χ1) is 12.2. The van der Waals surface area contributed by atoms with Gasteiger partial charge >= 0.3 is 0 Å². The lowest BCUT2D eigenvalue weighted by atomic mass is 9.98. The van der Waals surface area contributed by atoms with E-state index in [1.807, 2.05) is 23.8 Å². The van der Waals surface area contributed by atoms with Gasteiger partial charge in [-0.25, -0.2) is 17.7 Å². The Morgan fingerprint density at radius 2 is 2.12 bits per heavy atom. The number of thiophene rings is 1. The molecule has 148 valence electrons. The second-order valence-corrected chi connectivity index (χ2v) is 9.73. The summed E-state index contributed by atoms with van der Waals surface area (Å²) < 4.78 is 24.7. The van der Waals surface area contributed by atoms with Crippen molar-refractivity contribution in [3.05, 3.63) is 22.4 Å². The largest absolute Gasteiger partial charge is 0.383 e. The van der Waals surface area contributed by atoms with Crippen LogP contribution >= 0.6 is 11.3 Å². The summed E-state index contributed by atoms with van der Waals surface area (Å²) in [5.41, 5.74) is -0.126. The zero-order valence-electron chi connectivity index (χ0n) is 15.7. The SMILES string of the molecule is CCNC(=NCC(C)(O)c1ccsc1)NCC1CCN(S(C)(=O)=O)CC1. The molecule has 1 aromatic heterocycles. The Morgan fingerprint density at radius 3 is 2.65 bits per heavy atom. The van der Waals surface area contributed by atoms with Crippen LogP contribution in [0.4, 0.5) is 0 Å². The summed E-state index contributed by atoms with van der Waals surface area (Å²) in [5, 5.41) is 21.0. The monoisotopic (exact) mass is 402 g/mol. The molecule has 2 heterocycles. The van der Waals surface area contributed by atoms with E-state index < -0.39 is 15.6 Å². The predicted octanol–water partition coefficient (Wildman–Crippen LogP) is 1.18. The zero-order valence-corrected chi connectivity index (χ0v) is 17.4. The van der Waals surface area contributed by atoms with Gasteiger partial charge in [-0.3, -0.25) is 0 Å². The van der Waals surface area contributed by atoms with E-state index in [-0.39, 0.29) is 6.54 Å². The number of guanidine groups is 1. The summed E-state index contributed by atoms with van der Waals surface area (Å²) in [6.07, 6.45) is 2.94. The molecule has 2 rings (SSSR count). The van der Waals surface area contributed by atoms with Crippen molar-refractivity contribution in [3.8, 4) is 0 Å². The van der Waals surface area contributed by atoms with Crippen LogP contribution in [0, 0.1) is 5.92 Å². The Labute approximate surface area is 160 Å². The maximum Gasteiger partial charge on any atom is 0.211 e. The van der Waals surface area contributed by atoms with Crippen molar-refractivity contribution >= 4 is 27.3 Å². The van der Waals surface area contributed by atoms with Crippen LogP contribution < -0.4 is 10.6 Å².